The number of hydrogen-bond acceptors (Lipinski definition) is 6. The molecule has 25 heavy (non-hydrogen) atoms. The van der Waals surface area contributed by atoms with Crippen LogP contribution in [0.2, 0.25) is 0 Å². The second-order valence-electron chi connectivity index (χ2n) is 5.71. The van der Waals surface area contributed by atoms with E-state index in [1.165, 1.54) is 12.1 Å². The molecular formula is C16H16N4O4S. The molecule has 0 amide bonds. The Bertz CT molecular complexity index is 1030. The van der Waals surface area contributed by atoms with Gasteiger partial charge in [-0.2, -0.15) is 0 Å². The predicted molar refractivity (Wildman–Crippen MR) is 94.3 cm³/mol. The summed E-state index contributed by atoms with van der Waals surface area (Å²) in [6.45, 7) is 1.81. The molecule has 0 radical (unpaired) electrons. The van der Waals surface area contributed by atoms with E-state index in [0.29, 0.717) is 5.82 Å². The standard InChI is InChI=1S/C16H16N4O4S/c1-10(16-18-12-5-3-4-6-13(12)19-16)17-14-8-7-11(25(2,23)24)9-15(14)20(21)22/h3-10,17H,1-2H3,(H,18,19)/t10-/m0/s1. The second kappa shape index (κ2) is 6.17. The molecule has 0 spiro atoms. The lowest BCUT2D eigenvalue weighted by Gasteiger charge is -2.13. The molecule has 0 aliphatic rings. The van der Waals surface area contributed by atoms with Gasteiger partial charge < -0.3 is 10.3 Å². The summed E-state index contributed by atoms with van der Waals surface area (Å²) in [4.78, 5) is 18.2. The zero-order valence-corrected chi connectivity index (χ0v) is 14.4. The van der Waals surface area contributed by atoms with E-state index in [1.54, 1.807) is 0 Å². The highest BCUT2D eigenvalue weighted by Gasteiger charge is 2.21. The van der Waals surface area contributed by atoms with Crippen LogP contribution in [-0.4, -0.2) is 29.6 Å². The largest absolute Gasteiger partial charge is 0.370 e. The Kier molecular flexibility index (Phi) is 4.17. The third kappa shape index (κ3) is 3.45. The quantitative estimate of drug-likeness (QED) is 0.533. The Labute approximate surface area is 144 Å². The summed E-state index contributed by atoms with van der Waals surface area (Å²) >= 11 is 0. The number of anilines is 1. The molecule has 2 aromatic carbocycles. The Morgan fingerprint density at radius 2 is 1.96 bits per heavy atom. The van der Waals surface area contributed by atoms with Crippen LogP contribution in [0.4, 0.5) is 11.4 Å². The summed E-state index contributed by atoms with van der Waals surface area (Å²) < 4.78 is 23.2. The zero-order valence-electron chi connectivity index (χ0n) is 13.6. The first-order valence-corrected chi connectivity index (χ1v) is 9.34. The summed E-state index contributed by atoms with van der Waals surface area (Å²) in [5.41, 5.74) is 1.59. The van der Waals surface area contributed by atoms with Crippen LogP contribution in [0.15, 0.2) is 47.4 Å². The van der Waals surface area contributed by atoms with E-state index in [9.17, 15) is 18.5 Å². The number of benzene rings is 2. The van der Waals surface area contributed by atoms with Gasteiger partial charge in [0, 0.05) is 12.3 Å². The highest BCUT2D eigenvalue weighted by Crippen LogP contribution is 2.30. The fraction of sp³-hybridized carbons (Fsp3) is 0.188. The van der Waals surface area contributed by atoms with Crippen molar-refractivity contribution >= 4 is 32.2 Å². The number of imidazole rings is 1. The normalized spacial score (nSPS) is 12.9. The smallest absolute Gasteiger partial charge is 0.293 e. The molecule has 2 N–H and O–H groups in total. The molecule has 3 rings (SSSR count). The minimum atomic E-state index is -3.52. The maximum Gasteiger partial charge on any atom is 0.293 e. The van der Waals surface area contributed by atoms with Crippen molar-refractivity contribution in [1.82, 2.24) is 9.97 Å². The molecule has 1 atom stereocenters. The minimum Gasteiger partial charge on any atom is -0.370 e. The van der Waals surface area contributed by atoms with Crippen molar-refractivity contribution in [3.8, 4) is 0 Å². The summed E-state index contributed by atoms with van der Waals surface area (Å²) in [5, 5.41) is 14.3. The summed E-state index contributed by atoms with van der Waals surface area (Å²) in [6.07, 6.45) is 1.01. The molecule has 0 saturated heterocycles. The fourth-order valence-corrected chi connectivity index (χ4v) is 3.14. The molecule has 9 heteroatoms. The topological polar surface area (TPSA) is 118 Å². The zero-order chi connectivity index (χ0) is 18.2. The number of nitrogens with zero attached hydrogens (tertiary/aromatic N) is 2. The number of para-hydroxylation sites is 2. The maximum atomic E-state index is 11.6. The first-order chi connectivity index (χ1) is 11.8. The first kappa shape index (κ1) is 16.9. The molecule has 1 heterocycles. The maximum absolute atomic E-state index is 11.6. The third-order valence-electron chi connectivity index (χ3n) is 3.78. The Balaban J connectivity index is 1.94. The number of nitro benzene ring substituents is 1. The van der Waals surface area contributed by atoms with Gasteiger partial charge in [0.2, 0.25) is 0 Å². The number of sulfone groups is 1. The van der Waals surface area contributed by atoms with Gasteiger partial charge in [-0.15, -0.1) is 0 Å². The van der Waals surface area contributed by atoms with Crippen LogP contribution in [0.1, 0.15) is 18.8 Å². The summed E-state index contributed by atoms with van der Waals surface area (Å²) in [6, 6.07) is 11.0. The molecule has 0 saturated carbocycles. The van der Waals surface area contributed by atoms with E-state index in [4.69, 9.17) is 0 Å². The van der Waals surface area contributed by atoms with Crippen LogP contribution in [0.3, 0.4) is 0 Å². The lowest BCUT2D eigenvalue weighted by molar-refractivity contribution is -0.384. The first-order valence-electron chi connectivity index (χ1n) is 7.45. The summed E-state index contributed by atoms with van der Waals surface area (Å²) in [7, 11) is -3.52. The molecule has 0 fully saturated rings. The van der Waals surface area contributed by atoms with Crippen LogP contribution in [0.25, 0.3) is 11.0 Å². The average molecular weight is 360 g/mol. The van der Waals surface area contributed by atoms with Gasteiger partial charge in [-0.25, -0.2) is 13.4 Å². The number of hydrogen-bond donors (Lipinski definition) is 2. The van der Waals surface area contributed by atoms with Crippen molar-refractivity contribution < 1.29 is 13.3 Å². The van der Waals surface area contributed by atoms with Crippen LogP contribution >= 0.6 is 0 Å². The van der Waals surface area contributed by atoms with Gasteiger partial charge in [-0.1, -0.05) is 12.1 Å². The average Bonchev–Trinajstić information content (AvgIpc) is 2.98. The number of H-pyrrole nitrogens is 1. The van der Waals surface area contributed by atoms with Gasteiger partial charge in [-0.3, -0.25) is 10.1 Å². The molecule has 0 unspecified atom stereocenters. The highest BCUT2D eigenvalue weighted by molar-refractivity contribution is 7.90. The van der Waals surface area contributed by atoms with Crippen molar-refractivity contribution in [3.05, 3.63) is 58.4 Å². The number of nitrogens with one attached hydrogen (secondary N) is 2. The van der Waals surface area contributed by atoms with Crippen LogP contribution in [0, 0.1) is 10.1 Å². The van der Waals surface area contributed by atoms with Crippen LogP contribution in [0.5, 0.6) is 0 Å². The van der Waals surface area contributed by atoms with Crippen molar-refractivity contribution in [3.63, 3.8) is 0 Å². The van der Waals surface area contributed by atoms with Gasteiger partial charge in [0.25, 0.3) is 5.69 Å². The number of nitro groups is 1. The molecule has 0 aliphatic heterocycles. The number of aromatic amines is 1. The van der Waals surface area contributed by atoms with Crippen LogP contribution < -0.4 is 5.32 Å². The van der Waals surface area contributed by atoms with E-state index in [0.717, 1.165) is 23.4 Å². The van der Waals surface area contributed by atoms with Crippen LogP contribution in [-0.2, 0) is 9.84 Å². The molecule has 8 nitrogen and oxygen atoms in total. The fourth-order valence-electron chi connectivity index (χ4n) is 2.49. The predicted octanol–water partition coefficient (Wildman–Crippen LogP) is 3.05. The second-order valence-corrected chi connectivity index (χ2v) is 7.73. The van der Waals surface area contributed by atoms with E-state index in [2.05, 4.69) is 15.3 Å². The van der Waals surface area contributed by atoms with Crippen molar-refractivity contribution in [2.75, 3.05) is 11.6 Å². The minimum absolute atomic E-state index is 0.0962. The monoisotopic (exact) mass is 360 g/mol. The molecule has 3 aromatic rings. The molecule has 0 aliphatic carbocycles. The van der Waals surface area contributed by atoms with Crippen molar-refractivity contribution in [2.45, 2.75) is 17.9 Å². The van der Waals surface area contributed by atoms with Gasteiger partial charge >= 0.3 is 0 Å². The Hall–Kier alpha value is -2.94. The Morgan fingerprint density at radius 3 is 2.60 bits per heavy atom. The summed E-state index contributed by atoms with van der Waals surface area (Å²) in [5.74, 6) is 0.627. The van der Waals surface area contributed by atoms with Crippen molar-refractivity contribution in [1.29, 1.82) is 0 Å². The number of aromatic nitrogens is 2. The van der Waals surface area contributed by atoms with E-state index >= 15 is 0 Å². The van der Waals surface area contributed by atoms with Gasteiger partial charge in [0.15, 0.2) is 9.84 Å². The molecule has 130 valence electrons. The van der Waals surface area contributed by atoms with Gasteiger partial charge in [0.05, 0.1) is 26.9 Å². The number of fused-ring (bicyclic) bond motifs is 1. The van der Waals surface area contributed by atoms with E-state index in [1.807, 2.05) is 31.2 Å². The Morgan fingerprint density at radius 1 is 1.24 bits per heavy atom. The SMILES string of the molecule is C[C@H](Nc1ccc(S(C)(=O)=O)cc1[N+](=O)[O-])c1nc2ccccc2[nH]1. The van der Waals surface area contributed by atoms with E-state index < -0.39 is 14.8 Å². The lowest BCUT2D eigenvalue weighted by Crippen LogP contribution is -2.10. The number of rotatable bonds is 5. The molecule has 1 aromatic heterocycles. The lowest BCUT2D eigenvalue weighted by atomic mass is 10.2. The van der Waals surface area contributed by atoms with Gasteiger partial charge in [0.1, 0.15) is 11.5 Å². The molecule has 0 bridgehead atoms. The molecular weight excluding hydrogens is 344 g/mol. The third-order valence-corrected chi connectivity index (χ3v) is 4.89. The van der Waals surface area contributed by atoms with Gasteiger partial charge in [-0.05, 0) is 31.2 Å². The van der Waals surface area contributed by atoms with E-state index in [-0.39, 0.29) is 22.3 Å². The van der Waals surface area contributed by atoms with Crippen molar-refractivity contribution in [2.24, 2.45) is 0 Å². The highest BCUT2D eigenvalue weighted by atomic mass is 32.2.